The van der Waals surface area contributed by atoms with E-state index in [0.717, 1.165) is 23.2 Å². The number of hydrogen-bond acceptors (Lipinski definition) is 5. The molecule has 0 aliphatic heterocycles. The van der Waals surface area contributed by atoms with Crippen molar-refractivity contribution >= 4 is 23.4 Å². The smallest absolute Gasteiger partial charge is 0.234 e. The number of anilines is 1. The molecule has 0 atom stereocenters. The Kier molecular flexibility index (Phi) is 6.91. The molecule has 0 aliphatic rings. The molecule has 32 heavy (non-hydrogen) atoms. The summed E-state index contributed by atoms with van der Waals surface area (Å²) < 4.78 is 15.0. The highest BCUT2D eigenvalue weighted by Crippen LogP contribution is 2.23. The molecule has 0 saturated heterocycles. The lowest BCUT2D eigenvalue weighted by Crippen LogP contribution is -2.15. The van der Waals surface area contributed by atoms with E-state index in [2.05, 4.69) is 27.3 Å². The summed E-state index contributed by atoms with van der Waals surface area (Å²) in [6.45, 7) is 2.51. The number of carbonyl (C=O) groups excluding carboxylic acids is 1. The lowest BCUT2D eigenvalue weighted by Gasteiger charge is -2.07. The minimum absolute atomic E-state index is 0.124. The molecule has 2 aromatic heterocycles. The number of amides is 1. The van der Waals surface area contributed by atoms with Crippen LogP contribution in [0.5, 0.6) is 0 Å². The van der Waals surface area contributed by atoms with Crippen molar-refractivity contribution in [1.29, 1.82) is 0 Å². The van der Waals surface area contributed by atoms with E-state index in [1.54, 1.807) is 29.2 Å². The van der Waals surface area contributed by atoms with Gasteiger partial charge in [0.1, 0.15) is 5.82 Å². The van der Waals surface area contributed by atoms with Crippen LogP contribution in [0.1, 0.15) is 18.1 Å². The Hall–Kier alpha value is -3.52. The van der Waals surface area contributed by atoms with E-state index in [0.29, 0.717) is 17.5 Å². The molecule has 2 aromatic carbocycles. The number of thioether (sulfide) groups is 1. The Morgan fingerprint density at radius 3 is 2.38 bits per heavy atom. The zero-order valence-corrected chi connectivity index (χ0v) is 18.3. The third-order valence-electron chi connectivity index (χ3n) is 4.80. The average molecular weight is 448 g/mol. The van der Waals surface area contributed by atoms with Crippen LogP contribution in [-0.2, 0) is 17.8 Å². The van der Waals surface area contributed by atoms with Crippen LogP contribution < -0.4 is 5.32 Å². The number of hydrogen-bond donors (Lipinski definition) is 1. The highest BCUT2D eigenvalue weighted by molar-refractivity contribution is 7.99. The molecule has 4 rings (SSSR count). The fourth-order valence-corrected chi connectivity index (χ4v) is 3.81. The Labute approximate surface area is 189 Å². The summed E-state index contributed by atoms with van der Waals surface area (Å²) in [5.41, 5.74) is 3.70. The molecule has 1 amide bonds. The number of carbonyl (C=O) groups is 1. The van der Waals surface area contributed by atoms with Crippen LogP contribution in [0.2, 0.25) is 0 Å². The quantitative estimate of drug-likeness (QED) is 0.392. The fraction of sp³-hybridized carbons (Fsp3) is 0.167. The first-order valence-corrected chi connectivity index (χ1v) is 11.2. The van der Waals surface area contributed by atoms with E-state index >= 15 is 0 Å². The minimum atomic E-state index is -0.289. The Balaban J connectivity index is 1.49. The van der Waals surface area contributed by atoms with Gasteiger partial charge in [0.05, 0.1) is 12.3 Å². The average Bonchev–Trinajstić information content (AvgIpc) is 3.23. The Morgan fingerprint density at radius 2 is 1.69 bits per heavy atom. The van der Waals surface area contributed by atoms with Crippen LogP contribution in [0.3, 0.4) is 0 Å². The molecular formula is C24H22FN5OS. The van der Waals surface area contributed by atoms with E-state index < -0.39 is 0 Å². The van der Waals surface area contributed by atoms with Crippen LogP contribution in [-0.4, -0.2) is 31.4 Å². The fourth-order valence-electron chi connectivity index (χ4n) is 3.07. The topological polar surface area (TPSA) is 72.7 Å². The summed E-state index contributed by atoms with van der Waals surface area (Å²) in [6, 6.07) is 17.7. The molecular weight excluding hydrogens is 425 g/mol. The number of rotatable bonds is 8. The van der Waals surface area contributed by atoms with Gasteiger partial charge in [0, 0.05) is 23.6 Å². The van der Waals surface area contributed by atoms with Crippen molar-refractivity contribution in [2.75, 3.05) is 11.1 Å². The minimum Gasteiger partial charge on any atom is -0.325 e. The van der Waals surface area contributed by atoms with Crippen molar-refractivity contribution < 1.29 is 9.18 Å². The van der Waals surface area contributed by atoms with Gasteiger partial charge in [-0.2, -0.15) is 0 Å². The van der Waals surface area contributed by atoms with Gasteiger partial charge in [-0.3, -0.25) is 9.78 Å². The summed E-state index contributed by atoms with van der Waals surface area (Å²) in [4.78, 5) is 21.1. The molecule has 8 heteroatoms. The number of aromatic nitrogens is 4. The predicted molar refractivity (Wildman–Crippen MR) is 124 cm³/mol. The first kappa shape index (κ1) is 21.7. The van der Waals surface area contributed by atoms with Gasteiger partial charge in [0.2, 0.25) is 5.91 Å². The van der Waals surface area contributed by atoms with E-state index in [4.69, 9.17) is 0 Å². The lowest BCUT2D eigenvalue weighted by atomic mass is 10.1. The number of halogens is 1. The number of nitrogens with one attached hydrogen (secondary N) is 1. The first-order chi connectivity index (χ1) is 15.6. The molecule has 0 radical (unpaired) electrons. The molecule has 0 bridgehead atoms. The number of pyridine rings is 1. The van der Waals surface area contributed by atoms with E-state index in [9.17, 15) is 9.18 Å². The van der Waals surface area contributed by atoms with Crippen molar-refractivity contribution in [1.82, 2.24) is 19.7 Å². The third kappa shape index (κ3) is 5.59. The maximum absolute atomic E-state index is 13.3. The molecule has 4 aromatic rings. The summed E-state index contributed by atoms with van der Waals surface area (Å²) in [5, 5.41) is 8.13. The lowest BCUT2D eigenvalue weighted by molar-refractivity contribution is -0.113. The zero-order chi connectivity index (χ0) is 22.3. The summed E-state index contributed by atoms with van der Waals surface area (Å²) in [7, 11) is 0. The summed E-state index contributed by atoms with van der Waals surface area (Å²) >= 11 is 1.31. The standard InChI is InChI=1S/C24H22FN5OS/c1-2-17-5-9-21(10-6-17)27-22(31)16-32-24-28-23(19-11-13-26-14-12-19)29-30(24)15-18-3-7-20(25)8-4-18/h3-14H,2,15-16H2,1H3,(H,27,31). The number of nitrogens with zero attached hydrogens (tertiary/aromatic N) is 4. The molecule has 0 unspecified atom stereocenters. The molecule has 2 heterocycles. The second-order valence-corrected chi connectivity index (χ2v) is 8.07. The van der Waals surface area contributed by atoms with Gasteiger partial charge in [-0.05, 0) is 53.9 Å². The molecule has 0 spiro atoms. The second kappa shape index (κ2) is 10.2. The van der Waals surface area contributed by atoms with E-state index in [-0.39, 0.29) is 17.5 Å². The van der Waals surface area contributed by atoms with Gasteiger partial charge < -0.3 is 5.32 Å². The number of aryl methyl sites for hydroxylation is 1. The molecule has 0 aliphatic carbocycles. The van der Waals surface area contributed by atoms with Crippen molar-refractivity contribution in [2.45, 2.75) is 25.0 Å². The highest BCUT2D eigenvalue weighted by atomic mass is 32.2. The molecule has 0 fully saturated rings. The molecule has 6 nitrogen and oxygen atoms in total. The Bertz CT molecular complexity index is 1180. The SMILES string of the molecule is CCc1ccc(NC(=O)CSc2nc(-c3ccncc3)nn2Cc2ccc(F)cc2)cc1. The normalized spacial score (nSPS) is 10.8. The highest BCUT2D eigenvalue weighted by Gasteiger charge is 2.15. The van der Waals surface area contributed by atoms with E-state index in [1.165, 1.54) is 29.5 Å². The maximum Gasteiger partial charge on any atom is 0.234 e. The van der Waals surface area contributed by atoms with Gasteiger partial charge in [-0.25, -0.2) is 14.1 Å². The van der Waals surface area contributed by atoms with Crippen molar-refractivity contribution in [2.24, 2.45) is 0 Å². The van der Waals surface area contributed by atoms with Crippen molar-refractivity contribution in [3.63, 3.8) is 0 Å². The van der Waals surface area contributed by atoms with Gasteiger partial charge in [0.25, 0.3) is 0 Å². The zero-order valence-electron chi connectivity index (χ0n) is 17.5. The third-order valence-corrected chi connectivity index (χ3v) is 5.77. The van der Waals surface area contributed by atoms with E-state index in [1.807, 2.05) is 36.4 Å². The van der Waals surface area contributed by atoms with Gasteiger partial charge in [-0.1, -0.05) is 43.0 Å². The van der Waals surface area contributed by atoms with Crippen molar-refractivity contribution in [3.05, 3.63) is 90.0 Å². The van der Waals surface area contributed by atoms with Crippen LogP contribution in [0, 0.1) is 5.82 Å². The second-order valence-electron chi connectivity index (χ2n) is 7.13. The van der Waals surface area contributed by atoms with Gasteiger partial charge in [0.15, 0.2) is 11.0 Å². The van der Waals surface area contributed by atoms with Gasteiger partial charge >= 0.3 is 0 Å². The van der Waals surface area contributed by atoms with Crippen LogP contribution >= 0.6 is 11.8 Å². The monoisotopic (exact) mass is 447 g/mol. The molecule has 1 N–H and O–H groups in total. The summed E-state index contributed by atoms with van der Waals surface area (Å²) in [6.07, 6.45) is 4.31. The predicted octanol–water partition coefficient (Wildman–Crippen LogP) is 4.82. The van der Waals surface area contributed by atoms with Crippen LogP contribution in [0.25, 0.3) is 11.4 Å². The first-order valence-electron chi connectivity index (χ1n) is 10.2. The maximum atomic E-state index is 13.3. The van der Waals surface area contributed by atoms with Gasteiger partial charge in [-0.15, -0.1) is 5.10 Å². The van der Waals surface area contributed by atoms with Crippen LogP contribution in [0.4, 0.5) is 10.1 Å². The largest absolute Gasteiger partial charge is 0.325 e. The summed E-state index contributed by atoms with van der Waals surface area (Å²) in [5.74, 6) is 0.324. The molecule has 162 valence electrons. The molecule has 0 saturated carbocycles. The Morgan fingerprint density at radius 1 is 1.00 bits per heavy atom. The van der Waals surface area contributed by atoms with Crippen molar-refractivity contribution in [3.8, 4) is 11.4 Å². The van der Waals surface area contributed by atoms with Crippen LogP contribution in [0.15, 0.2) is 78.2 Å². The number of benzene rings is 2.